The van der Waals surface area contributed by atoms with E-state index >= 15 is 0 Å². The molecule has 2 N–H and O–H groups in total. The van der Waals surface area contributed by atoms with E-state index in [9.17, 15) is 4.79 Å². The number of carboxylic acid groups (broad SMARTS) is 1. The molecule has 2 aromatic heterocycles. The van der Waals surface area contributed by atoms with Gasteiger partial charge < -0.3 is 14.5 Å². The van der Waals surface area contributed by atoms with Crippen LogP contribution in [0.15, 0.2) is 64.3 Å². The first kappa shape index (κ1) is 15.2. The Morgan fingerprint density at radius 2 is 1.91 bits per heavy atom. The van der Waals surface area contributed by atoms with Crippen LogP contribution >= 0.6 is 0 Å². The number of oxazole rings is 1. The largest absolute Gasteiger partial charge is 0.483 e. The van der Waals surface area contributed by atoms with E-state index in [0.717, 1.165) is 11.3 Å². The van der Waals surface area contributed by atoms with Gasteiger partial charge in [0, 0.05) is 24.2 Å². The quantitative estimate of drug-likeness (QED) is 0.723. The first-order valence-corrected chi connectivity index (χ1v) is 6.48. The van der Waals surface area contributed by atoms with E-state index in [4.69, 9.17) is 14.3 Å². The van der Waals surface area contributed by atoms with Crippen molar-refractivity contribution in [3.63, 3.8) is 0 Å². The van der Waals surface area contributed by atoms with Gasteiger partial charge in [0.2, 0.25) is 5.56 Å². The maximum Gasteiger partial charge on any atom is 0.290 e. The number of H-pyrrole nitrogens is 1. The summed E-state index contributed by atoms with van der Waals surface area (Å²) >= 11 is 0. The highest BCUT2D eigenvalue weighted by molar-refractivity contribution is 5.58. The van der Waals surface area contributed by atoms with E-state index in [0.29, 0.717) is 12.2 Å². The topological polar surface area (TPSA) is 96.2 Å². The van der Waals surface area contributed by atoms with E-state index < -0.39 is 0 Å². The molecule has 0 bridgehead atoms. The Hall–Kier alpha value is -3.15. The molecule has 3 rings (SSSR count). The molecule has 1 aromatic carbocycles. The molecule has 22 heavy (non-hydrogen) atoms. The third-order valence-corrected chi connectivity index (χ3v) is 2.90. The Morgan fingerprint density at radius 1 is 1.18 bits per heavy atom. The van der Waals surface area contributed by atoms with Crippen molar-refractivity contribution in [1.29, 1.82) is 0 Å². The summed E-state index contributed by atoms with van der Waals surface area (Å²) in [5, 5.41) is 6.89. The SMILES string of the molecule is O=CO.O=c1ccc(-c2ocnc2Cc2ccccc2)c[nH]1. The summed E-state index contributed by atoms with van der Waals surface area (Å²) in [5.41, 5.74) is 2.72. The minimum atomic E-state index is -0.250. The second-order valence-corrected chi connectivity index (χ2v) is 4.34. The van der Waals surface area contributed by atoms with Gasteiger partial charge in [-0.15, -0.1) is 0 Å². The smallest absolute Gasteiger partial charge is 0.290 e. The van der Waals surface area contributed by atoms with Gasteiger partial charge in [0.05, 0.1) is 5.69 Å². The van der Waals surface area contributed by atoms with Gasteiger partial charge in [-0.2, -0.15) is 0 Å². The number of hydrogen-bond acceptors (Lipinski definition) is 4. The summed E-state index contributed by atoms with van der Waals surface area (Å²) in [7, 11) is 0. The number of pyridine rings is 1. The summed E-state index contributed by atoms with van der Waals surface area (Å²) in [6.07, 6.45) is 3.77. The standard InChI is InChI=1S/C15H12N2O2.CH2O2/c18-14-7-6-12(9-16-14)15-13(17-10-19-15)8-11-4-2-1-3-5-11;2-1-3/h1-7,9-10H,8H2,(H,16,18);1H,(H,2,3). The van der Waals surface area contributed by atoms with Crippen LogP contribution in [0.5, 0.6) is 0 Å². The number of rotatable bonds is 3. The highest BCUT2D eigenvalue weighted by atomic mass is 16.3. The number of benzene rings is 1. The molecular formula is C16H14N2O4. The van der Waals surface area contributed by atoms with Crippen LogP contribution in [0.4, 0.5) is 0 Å². The van der Waals surface area contributed by atoms with Gasteiger partial charge in [-0.25, -0.2) is 4.98 Å². The summed E-state index contributed by atoms with van der Waals surface area (Å²) in [5.74, 6) is 0.695. The molecule has 112 valence electrons. The fraction of sp³-hybridized carbons (Fsp3) is 0.0625. The molecule has 6 heteroatoms. The zero-order valence-electron chi connectivity index (χ0n) is 11.6. The predicted octanol–water partition coefficient (Wildman–Crippen LogP) is 2.32. The fourth-order valence-electron chi connectivity index (χ4n) is 1.97. The predicted molar refractivity (Wildman–Crippen MR) is 80.5 cm³/mol. The molecule has 6 nitrogen and oxygen atoms in total. The molecule has 0 aliphatic rings. The van der Waals surface area contributed by atoms with Crippen molar-refractivity contribution in [1.82, 2.24) is 9.97 Å². The third-order valence-electron chi connectivity index (χ3n) is 2.90. The van der Waals surface area contributed by atoms with E-state index in [2.05, 4.69) is 9.97 Å². The van der Waals surface area contributed by atoms with Gasteiger partial charge in [0.1, 0.15) is 0 Å². The van der Waals surface area contributed by atoms with Crippen LogP contribution in [0.25, 0.3) is 11.3 Å². The molecule has 0 aliphatic heterocycles. The van der Waals surface area contributed by atoms with E-state index in [-0.39, 0.29) is 12.0 Å². The van der Waals surface area contributed by atoms with Crippen LogP contribution in [-0.2, 0) is 11.2 Å². The zero-order chi connectivity index (χ0) is 15.8. The van der Waals surface area contributed by atoms with Crippen LogP contribution in [-0.4, -0.2) is 21.5 Å². The average molecular weight is 298 g/mol. The molecule has 0 aliphatic carbocycles. The number of hydrogen-bond donors (Lipinski definition) is 2. The molecule has 0 saturated heterocycles. The summed E-state index contributed by atoms with van der Waals surface area (Å²) in [6.45, 7) is -0.250. The van der Waals surface area contributed by atoms with Crippen molar-refractivity contribution in [2.24, 2.45) is 0 Å². The Labute approximate surface area is 126 Å². The van der Waals surface area contributed by atoms with Crippen molar-refractivity contribution < 1.29 is 14.3 Å². The van der Waals surface area contributed by atoms with Crippen molar-refractivity contribution in [2.75, 3.05) is 0 Å². The number of aromatic nitrogens is 2. The minimum Gasteiger partial charge on any atom is -0.483 e. The first-order chi connectivity index (χ1) is 10.7. The van der Waals surface area contributed by atoms with Gasteiger partial charge in [-0.3, -0.25) is 9.59 Å². The lowest BCUT2D eigenvalue weighted by atomic mass is 10.1. The highest BCUT2D eigenvalue weighted by Gasteiger charge is 2.11. The minimum absolute atomic E-state index is 0.132. The third kappa shape index (κ3) is 3.92. The summed E-state index contributed by atoms with van der Waals surface area (Å²) in [4.78, 5) is 26.3. The Bertz CT molecular complexity index is 758. The molecule has 0 amide bonds. The second kappa shape index (κ2) is 7.58. The number of nitrogens with one attached hydrogen (secondary N) is 1. The lowest BCUT2D eigenvalue weighted by molar-refractivity contribution is -0.122. The molecular weight excluding hydrogens is 284 g/mol. The monoisotopic (exact) mass is 298 g/mol. The Kier molecular flexibility index (Phi) is 5.25. The molecule has 0 fully saturated rings. The van der Waals surface area contributed by atoms with E-state index in [1.807, 2.05) is 30.3 Å². The maximum absolute atomic E-state index is 11.1. The average Bonchev–Trinajstić information content (AvgIpc) is 2.98. The lowest BCUT2D eigenvalue weighted by Gasteiger charge is -2.01. The van der Waals surface area contributed by atoms with Crippen molar-refractivity contribution >= 4 is 6.47 Å². The second-order valence-electron chi connectivity index (χ2n) is 4.34. The van der Waals surface area contributed by atoms with Gasteiger partial charge in [-0.05, 0) is 11.6 Å². The summed E-state index contributed by atoms with van der Waals surface area (Å²) in [6, 6.07) is 13.3. The molecule has 3 aromatic rings. The normalized spacial score (nSPS) is 9.64. The molecule has 2 heterocycles. The number of carbonyl (C=O) groups is 1. The van der Waals surface area contributed by atoms with Crippen LogP contribution in [0.2, 0.25) is 0 Å². The number of nitrogens with zero attached hydrogens (tertiary/aromatic N) is 1. The maximum atomic E-state index is 11.1. The molecule has 0 radical (unpaired) electrons. The van der Waals surface area contributed by atoms with Crippen LogP contribution in [0, 0.1) is 0 Å². The van der Waals surface area contributed by atoms with E-state index in [1.54, 1.807) is 12.3 Å². The van der Waals surface area contributed by atoms with Crippen molar-refractivity contribution in [3.8, 4) is 11.3 Å². The molecule has 0 saturated carbocycles. The Balaban J connectivity index is 0.000000545. The zero-order valence-corrected chi connectivity index (χ0v) is 11.6. The van der Waals surface area contributed by atoms with Crippen LogP contribution < -0.4 is 5.56 Å². The Morgan fingerprint density at radius 3 is 2.55 bits per heavy atom. The lowest BCUT2D eigenvalue weighted by Crippen LogP contribution is -2.01. The number of aromatic amines is 1. The van der Waals surface area contributed by atoms with Crippen LogP contribution in [0.3, 0.4) is 0 Å². The highest BCUT2D eigenvalue weighted by Crippen LogP contribution is 2.23. The van der Waals surface area contributed by atoms with Gasteiger partial charge in [0.15, 0.2) is 12.2 Å². The van der Waals surface area contributed by atoms with E-state index in [1.165, 1.54) is 18.0 Å². The van der Waals surface area contributed by atoms with Crippen molar-refractivity contribution in [2.45, 2.75) is 6.42 Å². The molecule has 0 atom stereocenters. The van der Waals surface area contributed by atoms with Gasteiger partial charge in [0.25, 0.3) is 6.47 Å². The molecule has 0 spiro atoms. The fourth-order valence-corrected chi connectivity index (χ4v) is 1.97. The van der Waals surface area contributed by atoms with Crippen LogP contribution in [0.1, 0.15) is 11.3 Å². The van der Waals surface area contributed by atoms with Gasteiger partial charge in [-0.1, -0.05) is 30.3 Å². The van der Waals surface area contributed by atoms with Gasteiger partial charge >= 0.3 is 0 Å². The first-order valence-electron chi connectivity index (χ1n) is 6.48. The molecule has 0 unspecified atom stereocenters. The summed E-state index contributed by atoms with van der Waals surface area (Å²) < 4.78 is 5.43. The van der Waals surface area contributed by atoms with Crippen molar-refractivity contribution in [3.05, 3.63) is 76.7 Å².